The zero-order valence-corrected chi connectivity index (χ0v) is 13.2. The van der Waals surface area contributed by atoms with Gasteiger partial charge in [0.2, 0.25) is 10.0 Å². The molecule has 5 N–H and O–H groups in total. The first-order valence-electron chi connectivity index (χ1n) is 5.48. The van der Waals surface area contributed by atoms with Gasteiger partial charge in [-0.05, 0) is 25.1 Å². The summed E-state index contributed by atoms with van der Waals surface area (Å²) in [5.41, 5.74) is 5.82. The number of aryl methyl sites for hydroxylation is 1. The molecule has 0 spiro atoms. The molecule has 1 heterocycles. The Morgan fingerprint density at radius 3 is 2.43 bits per heavy atom. The number of benzene rings is 1. The number of hydrogen-bond donors (Lipinski definition) is 3. The van der Waals surface area contributed by atoms with E-state index in [0.29, 0.717) is 0 Å². The summed E-state index contributed by atoms with van der Waals surface area (Å²) in [6.45, 7) is 1.52. The number of aromatic nitrogens is 1. The Bertz CT molecular complexity index is 887. The lowest BCUT2D eigenvalue weighted by molar-refractivity contribution is 0.596. The Balaban J connectivity index is 2.40. The van der Waals surface area contributed by atoms with E-state index in [9.17, 15) is 16.8 Å². The van der Waals surface area contributed by atoms with Gasteiger partial charge in [-0.1, -0.05) is 17.4 Å². The first-order valence-corrected chi connectivity index (χ1v) is 9.33. The Hall–Kier alpha value is -1.69. The summed E-state index contributed by atoms with van der Waals surface area (Å²) in [5.74, 6) is 0. The highest BCUT2D eigenvalue weighted by Crippen LogP contribution is 2.27. The molecule has 0 saturated heterocycles. The Morgan fingerprint density at radius 1 is 1.24 bits per heavy atom. The maximum Gasteiger partial charge on any atom is 0.273 e. The number of nitrogens with two attached hydrogens (primary N) is 2. The molecule has 11 heteroatoms. The van der Waals surface area contributed by atoms with Crippen LogP contribution in [0.1, 0.15) is 5.69 Å². The van der Waals surface area contributed by atoms with Crippen molar-refractivity contribution >= 4 is 42.2 Å². The largest absolute Gasteiger partial charge is 0.375 e. The van der Waals surface area contributed by atoms with Crippen LogP contribution in [0.25, 0.3) is 0 Å². The number of primary sulfonamides is 1. The second-order valence-electron chi connectivity index (χ2n) is 4.10. The third kappa shape index (κ3) is 3.50. The summed E-state index contributed by atoms with van der Waals surface area (Å²) in [5, 5.41) is 5.13. The predicted molar refractivity (Wildman–Crippen MR) is 79.9 cm³/mol. The van der Waals surface area contributed by atoms with Crippen molar-refractivity contribution in [3.63, 3.8) is 0 Å². The molecule has 0 aliphatic heterocycles. The number of sulfonamides is 2. The van der Waals surface area contributed by atoms with Gasteiger partial charge in [-0.3, -0.25) is 4.72 Å². The summed E-state index contributed by atoms with van der Waals surface area (Å²) in [6, 6.07) is 5.19. The molecule has 1 aromatic heterocycles. The van der Waals surface area contributed by atoms with Crippen LogP contribution in [-0.4, -0.2) is 21.8 Å². The monoisotopic (exact) mass is 348 g/mol. The topological polar surface area (TPSA) is 145 Å². The average Bonchev–Trinajstić information content (AvgIpc) is 2.68. The Labute approximate surface area is 125 Å². The van der Waals surface area contributed by atoms with Crippen molar-refractivity contribution in [3.05, 3.63) is 30.0 Å². The van der Waals surface area contributed by atoms with Crippen molar-refractivity contribution in [2.75, 3.05) is 10.5 Å². The highest BCUT2D eigenvalue weighted by Gasteiger charge is 2.21. The molecule has 0 atom stereocenters. The summed E-state index contributed by atoms with van der Waals surface area (Å²) in [6.07, 6.45) is 0. The molecule has 0 aliphatic rings. The van der Waals surface area contributed by atoms with E-state index in [0.717, 1.165) is 17.4 Å². The van der Waals surface area contributed by atoms with Crippen LogP contribution in [0.2, 0.25) is 0 Å². The quantitative estimate of drug-likeness (QED) is 0.732. The van der Waals surface area contributed by atoms with Gasteiger partial charge in [-0.25, -0.2) is 27.0 Å². The highest BCUT2D eigenvalue weighted by atomic mass is 32.2. The molecule has 0 bridgehead atoms. The fraction of sp³-hybridized carbons (Fsp3) is 0.100. The fourth-order valence-corrected chi connectivity index (χ4v) is 4.50. The lowest BCUT2D eigenvalue weighted by Crippen LogP contribution is -2.15. The number of rotatable bonds is 4. The van der Waals surface area contributed by atoms with Crippen molar-refractivity contribution in [2.45, 2.75) is 16.0 Å². The predicted octanol–water partition coefficient (Wildman–Crippen LogP) is 0.482. The fourth-order valence-electron chi connectivity index (χ4n) is 1.59. The molecular formula is C10H12N4O4S3. The van der Waals surface area contributed by atoms with Crippen LogP contribution >= 0.6 is 11.3 Å². The van der Waals surface area contributed by atoms with Crippen LogP contribution in [0.15, 0.2) is 33.4 Å². The summed E-state index contributed by atoms with van der Waals surface area (Å²) in [4.78, 5) is 3.65. The normalized spacial score (nSPS) is 12.3. The van der Waals surface area contributed by atoms with Crippen molar-refractivity contribution in [1.29, 1.82) is 0 Å². The molecule has 0 fully saturated rings. The maximum atomic E-state index is 12.2. The van der Waals surface area contributed by atoms with Crippen LogP contribution in [0.3, 0.4) is 0 Å². The van der Waals surface area contributed by atoms with Gasteiger partial charge in [0.05, 0.1) is 16.3 Å². The molecule has 0 amide bonds. The van der Waals surface area contributed by atoms with Crippen LogP contribution in [0, 0.1) is 6.92 Å². The minimum absolute atomic E-state index is 0.0268. The number of nitrogens with zero attached hydrogens (tertiary/aromatic N) is 1. The smallest absolute Gasteiger partial charge is 0.273 e. The van der Waals surface area contributed by atoms with E-state index in [1.807, 2.05) is 0 Å². The van der Waals surface area contributed by atoms with Crippen LogP contribution in [0.4, 0.5) is 10.8 Å². The van der Waals surface area contributed by atoms with E-state index in [2.05, 4.69) is 9.71 Å². The van der Waals surface area contributed by atoms with Gasteiger partial charge < -0.3 is 5.73 Å². The van der Waals surface area contributed by atoms with Crippen LogP contribution in [0.5, 0.6) is 0 Å². The average molecular weight is 348 g/mol. The Morgan fingerprint density at radius 2 is 1.90 bits per heavy atom. The molecule has 0 aliphatic carbocycles. The number of anilines is 2. The number of thiazole rings is 1. The molecule has 2 rings (SSSR count). The van der Waals surface area contributed by atoms with E-state index >= 15 is 0 Å². The molecule has 0 radical (unpaired) electrons. The molecule has 2 aromatic rings. The van der Waals surface area contributed by atoms with Crippen molar-refractivity contribution in [2.24, 2.45) is 5.14 Å². The minimum Gasteiger partial charge on any atom is -0.375 e. The highest BCUT2D eigenvalue weighted by molar-refractivity contribution is 7.94. The zero-order valence-electron chi connectivity index (χ0n) is 10.8. The third-order valence-electron chi connectivity index (χ3n) is 2.43. The summed E-state index contributed by atoms with van der Waals surface area (Å²) in [7, 11) is -7.81. The second kappa shape index (κ2) is 5.26. The molecule has 0 unspecified atom stereocenters. The van der Waals surface area contributed by atoms with Crippen molar-refractivity contribution in [1.82, 2.24) is 4.98 Å². The van der Waals surface area contributed by atoms with Gasteiger partial charge in [0.15, 0.2) is 9.34 Å². The lowest BCUT2D eigenvalue weighted by Gasteiger charge is -2.07. The van der Waals surface area contributed by atoms with E-state index in [1.165, 1.54) is 25.1 Å². The third-order valence-corrected chi connectivity index (χ3v) is 6.32. The molecule has 114 valence electrons. The van der Waals surface area contributed by atoms with E-state index in [-0.39, 0.29) is 25.6 Å². The zero-order chi connectivity index (χ0) is 15.8. The first kappa shape index (κ1) is 15.7. The number of hydrogen-bond acceptors (Lipinski definition) is 7. The maximum absolute atomic E-state index is 12.2. The molecule has 0 saturated carbocycles. The molecule has 21 heavy (non-hydrogen) atoms. The minimum atomic E-state index is -3.91. The second-order valence-corrected chi connectivity index (χ2v) is 8.57. The molecule has 8 nitrogen and oxygen atoms in total. The number of nitrogens with one attached hydrogen (secondary N) is 1. The van der Waals surface area contributed by atoms with Crippen LogP contribution < -0.4 is 15.6 Å². The van der Waals surface area contributed by atoms with Crippen LogP contribution in [-0.2, 0) is 20.0 Å². The van der Waals surface area contributed by atoms with Gasteiger partial charge in [0, 0.05) is 0 Å². The number of nitrogen functional groups attached to an aromatic ring is 1. The van der Waals surface area contributed by atoms with Gasteiger partial charge in [-0.15, -0.1) is 0 Å². The summed E-state index contributed by atoms with van der Waals surface area (Å²) >= 11 is 0.824. The standard InChI is InChI=1S/C10H12N4O4S3/c1-6-9(19-10(11)13-6)21(17,18)14-7-3-2-4-8(5-7)20(12,15)16/h2-5,14H,1H3,(H2,11,13)(H2,12,15,16). The van der Waals surface area contributed by atoms with Gasteiger partial charge in [-0.2, -0.15) is 0 Å². The molecular weight excluding hydrogens is 336 g/mol. The SMILES string of the molecule is Cc1nc(N)sc1S(=O)(=O)Nc1cccc(S(N)(=O)=O)c1. The van der Waals surface area contributed by atoms with Gasteiger partial charge in [0.1, 0.15) is 0 Å². The lowest BCUT2D eigenvalue weighted by atomic mass is 10.3. The first-order chi connectivity index (χ1) is 9.59. The van der Waals surface area contributed by atoms with E-state index in [4.69, 9.17) is 10.9 Å². The van der Waals surface area contributed by atoms with Crippen molar-refractivity contribution < 1.29 is 16.8 Å². The van der Waals surface area contributed by atoms with E-state index in [1.54, 1.807) is 0 Å². The summed E-state index contributed by atoms with van der Waals surface area (Å²) < 4.78 is 49.2. The van der Waals surface area contributed by atoms with Gasteiger partial charge in [0.25, 0.3) is 10.0 Å². The molecule has 1 aromatic carbocycles. The van der Waals surface area contributed by atoms with Crippen molar-refractivity contribution in [3.8, 4) is 0 Å². The Kier molecular flexibility index (Phi) is 3.93. The van der Waals surface area contributed by atoms with Gasteiger partial charge >= 0.3 is 0 Å². The van der Waals surface area contributed by atoms with E-state index < -0.39 is 20.0 Å².